The summed E-state index contributed by atoms with van der Waals surface area (Å²) in [5, 5.41) is 15.9. The molecule has 0 amide bonds. The molecule has 2 atom stereocenters. The smallest absolute Gasteiger partial charge is 0.304 e. The summed E-state index contributed by atoms with van der Waals surface area (Å²) < 4.78 is 10.9. The van der Waals surface area contributed by atoms with Crippen LogP contribution in [0.15, 0.2) is 0 Å². The van der Waals surface area contributed by atoms with E-state index in [2.05, 4.69) is 0 Å². The zero-order chi connectivity index (χ0) is 8.85. The van der Waals surface area contributed by atoms with Crippen LogP contribution < -0.4 is 0 Å². The highest BCUT2D eigenvalue weighted by molar-refractivity contribution is 7.85. The van der Waals surface area contributed by atoms with Crippen molar-refractivity contribution in [2.75, 3.05) is 5.75 Å². The molecular formula is C6H9NO3S. The van der Waals surface area contributed by atoms with E-state index in [1.807, 2.05) is 0 Å². The average Bonchev–Trinajstić information content (AvgIpc) is 1.98. The van der Waals surface area contributed by atoms with Crippen molar-refractivity contribution in [2.45, 2.75) is 18.6 Å². The first-order valence-electron chi connectivity index (χ1n) is 3.06. The molecule has 11 heavy (non-hydrogen) atoms. The number of rotatable bonds is 4. The van der Waals surface area contributed by atoms with Gasteiger partial charge < -0.3 is 5.11 Å². The van der Waals surface area contributed by atoms with Gasteiger partial charge in [-0.2, -0.15) is 5.26 Å². The van der Waals surface area contributed by atoms with Gasteiger partial charge in [0.1, 0.15) is 5.25 Å². The van der Waals surface area contributed by atoms with Crippen LogP contribution in [0.1, 0.15) is 13.3 Å². The lowest BCUT2D eigenvalue weighted by atomic mass is 10.5. The van der Waals surface area contributed by atoms with Gasteiger partial charge in [0, 0.05) is 16.6 Å². The third-order valence-corrected chi connectivity index (χ3v) is 2.59. The highest BCUT2D eigenvalue weighted by Gasteiger charge is 2.10. The van der Waals surface area contributed by atoms with Crippen molar-refractivity contribution in [2.24, 2.45) is 0 Å². The number of nitriles is 1. The van der Waals surface area contributed by atoms with Crippen molar-refractivity contribution in [1.29, 1.82) is 5.26 Å². The van der Waals surface area contributed by atoms with Crippen molar-refractivity contribution in [1.82, 2.24) is 0 Å². The Bertz CT molecular complexity index is 208. The maximum absolute atomic E-state index is 10.9. The Balaban J connectivity index is 3.72. The summed E-state index contributed by atoms with van der Waals surface area (Å²) >= 11 is 0. The lowest BCUT2D eigenvalue weighted by molar-refractivity contribution is -0.136. The van der Waals surface area contributed by atoms with E-state index < -0.39 is 22.0 Å². The molecule has 4 nitrogen and oxygen atoms in total. The molecule has 2 unspecified atom stereocenters. The number of carboxylic acids is 1. The molecule has 0 heterocycles. The van der Waals surface area contributed by atoms with Crippen molar-refractivity contribution in [3.05, 3.63) is 0 Å². The molecular weight excluding hydrogens is 166 g/mol. The van der Waals surface area contributed by atoms with Crippen LogP contribution in [0.4, 0.5) is 0 Å². The minimum Gasteiger partial charge on any atom is -0.481 e. The predicted octanol–water partition coefficient (Wildman–Crippen LogP) is 0.122. The maximum Gasteiger partial charge on any atom is 0.304 e. The van der Waals surface area contributed by atoms with Crippen LogP contribution in [0, 0.1) is 11.3 Å². The van der Waals surface area contributed by atoms with Gasteiger partial charge in [-0.05, 0) is 6.92 Å². The van der Waals surface area contributed by atoms with Crippen molar-refractivity contribution < 1.29 is 14.1 Å². The number of nitrogens with zero attached hydrogens (tertiary/aromatic N) is 1. The van der Waals surface area contributed by atoms with Gasteiger partial charge in [0.05, 0.1) is 12.5 Å². The van der Waals surface area contributed by atoms with Crippen molar-refractivity contribution >= 4 is 16.8 Å². The van der Waals surface area contributed by atoms with Gasteiger partial charge in [0.2, 0.25) is 0 Å². The van der Waals surface area contributed by atoms with E-state index in [1.54, 1.807) is 6.07 Å². The highest BCUT2D eigenvalue weighted by atomic mass is 32.2. The zero-order valence-corrected chi connectivity index (χ0v) is 6.93. The fourth-order valence-electron chi connectivity index (χ4n) is 0.423. The second kappa shape index (κ2) is 4.85. The number of carboxylic acid groups (broad SMARTS) is 1. The van der Waals surface area contributed by atoms with E-state index in [9.17, 15) is 9.00 Å². The number of carbonyl (C=O) groups is 1. The summed E-state index contributed by atoms with van der Waals surface area (Å²) in [4.78, 5) is 10.00. The average molecular weight is 175 g/mol. The fraction of sp³-hybridized carbons (Fsp3) is 0.667. The molecule has 0 saturated carbocycles. The molecule has 0 bridgehead atoms. The minimum atomic E-state index is -1.33. The van der Waals surface area contributed by atoms with Gasteiger partial charge in [-0.15, -0.1) is 0 Å². The van der Waals surface area contributed by atoms with E-state index in [0.29, 0.717) is 0 Å². The summed E-state index contributed by atoms with van der Waals surface area (Å²) in [6, 6.07) is 1.80. The van der Waals surface area contributed by atoms with E-state index in [0.717, 1.165) is 0 Å². The second-order valence-corrected chi connectivity index (χ2v) is 3.88. The topological polar surface area (TPSA) is 78.2 Å². The van der Waals surface area contributed by atoms with Crippen molar-refractivity contribution in [3.8, 4) is 6.07 Å². The van der Waals surface area contributed by atoms with Crippen LogP contribution in [0.5, 0.6) is 0 Å². The Morgan fingerprint density at radius 1 is 1.82 bits per heavy atom. The van der Waals surface area contributed by atoms with Gasteiger partial charge in [-0.1, -0.05) is 0 Å². The summed E-state index contributed by atoms with van der Waals surface area (Å²) in [7, 11) is -1.33. The van der Waals surface area contributed by atoms with Crippen molar-refractivity contribution in [3.63, 3.8) is 0 Å². The molecule has 0 fully saturated rings. The molecule has 0 spiro atoms. The molecule has 0 aromatic carbocycles. The van der Waals surface area contributed by atoms with Gasteiger partial charge in [0.15, 0.2) is 0 Å². The molecule has 0 aliphatic heterocycles. The van der Waals surface area contributed by atoms with Crippen LogP contribution in [0.2, 0.25) is 0 Å². The first kappa shape index (κ1) is 10.1. The van der Waals surface area contributed by atoms with E-state index in [1.165, 1.54) is 6.92 Å². The molecule has 0 rings (SSSR count). The largest absolute Gasteiger partial charge is 0.481 e. The Morgan fingerprint density at radius 2 is 2.36 bits per heavy atom. The number of hydrogen-bond donors (Lipinski definition) is 1. The van der Waals surface area contributed by atoms with Gasteiger partial charge in [-0.25, -0.2) is 0 Å². The second-order valence-electron chi connectivity index (χ2n) is 2.00. The molecule has 0 aromatic heterocycles. The van der Waals surface area contributed by atoms with Crippen LogP contribution >= 0.6 is 0 Å². The summed E-state index contributed by atoms with van der Waals surface area (Å²) in [5.41, 5.74) is 0. The fourth-order valence-corrected chi connectivity index (χ4v) is 1.27. The third kappa shape index (κ3) is 4.51. The minimum absolute atomic E-state index is 0.0596. The van der Waals surface area contributed by atoms with Gasteiger partial charge in [0.25, 0.3) is 0 Å². The quantitative estimate of drug-likeness (QED) is 0.658. The zero-order valence-electron chi connectivity index (χ0n) is 6.11. The molecule has 0 radical (unpaired) electrons. The third-order valence-electron chi connectivity index (χ3n) is 1.09. The number of hydrogen-bond acceptors (Lipinski definition) is 3. The molecule has 0 aromatic rings. The van der Waals surface area contributed by atoms with Crippen LogP contribution in [0.25, 0.3) is 0 Å². The first-order chi connectivity index (χ1) is 5.07. The monoisotopic (exact) mass is 175 g/mol. The first-order valence-corrected chi connectivity index (χ1v) is 4.44. The molecule has 0 aliphatic rings. The van der Waals surface area contributed by atoms with Crippen LogP contribution in [0.3, 0.4) is 0 Å². The Kier molecular flexibility index (Phi) is 4.46. The summed E-state index contributed by atoms with van der Waals surface area (Å²) in [6.45, 7) is 1.51. The normalized spacial score (nSPS) is 14.9. The number of aliphatic carboxylic acids is 1. The van der Waals surface area contributed by atoms with E-state index in [-0.39, 0.29) is 12.2 Å². The van der Waals surface area contributed by atoms with Gasteiger partial charge >= 0.3 is 5.97 Å². The molecule has 0 aliphatic carbocycles. The summed E-state index contributed by atoms with van der Waals surface area (Å²) in [6.07, 6.45) is -0.140. The standard InChI is InChI=1S/C6H9NO3S/c1-5(4-7)11(10)3-2-6(8)9/h5H,2-3H2,1H3,(H,8,9). The van der Waals surface area contributed by atoms with Crippen LogP contribution in [-0.4, -0.2) is 26.3 Å². The Hall–Kier alpha value is -0.890. The molecule has 5 heteroatoms. The van der Waals surface area contributed by atoms with E-state index >= 15 is 0 Å². The predicted molar refractivity (Wildman–Crippen MR) is 40.3 cm³/mol. The lowest BCUT2D eigenvalue weighted by Gasteiger charge is -1.99. The SMILES string of the molecule is CC(C#N)S(=O)CCC(=O)O. The molecule has 0 saturated heterocycles. The molecule has 1 N–H and O–H groups in total. The Morgan fingerprint density at radius 3 is 2.73 bits per heavy atom. The summed E-state index contributed by atoms with van der Waals surface area (Å²) in [5.74, 6) is -0.923. The van der Waals surface area contributed by atoms with Crippen LogP contribution in [-0.2, 0) is 15.6 Å². The highest BCUT2D eigenvalue weighted by Crippen LogP contribution is 1.96. The van der Waals surface area contributed by atoms with Gasteiger partial charge in [-0.3, -0.25) is 9.00 Å². The molecule has 62 valence electrons. The van der Waals surface area contributed by atoms with E-state index in [4.69, 9.17) is 10.4 Å². The Labute approximate surface area is 67.3 Å². The lowest BCUT2D eigenvalue weighted by Crippen LogP contribution is -2.13. The maximum atomic E-state index is 10.9.